The largest absolute Gasteiger partial charge is 0.321 e. The number of thioether (sulfide) groups is 2. The molecule has 1 heterocycles. The van der Waals surface area contributed by atoms with Crippen molar-refractivity contribution in [2.24, 2.45) is 0 Å². The monoisotopic (exact) mass is 637 g/mol. The van der Waals surface area contributed by atoms with E-state index in [0.29, 0.717) is 38.5 Å². The minimum atomic E-state index is -0.511. The van der Waals surface area contributed by atoms with E-state index < -0.39 is 11.8 Å². The van der Waals surface area contributed by atoms with E-state index >= 15 is 0 Å². The lowest BCUT2D eigenvalue weighted by atomic mass is 10.1. The molecule has 0 bridgehead atoms. The number of anilines is 2. The molecule has 1 atom stereocenters. The van der Waals surface area contributed by atoms with Gasteiger partial charge in [-0.2, -0.15) is 9.36 Å². The third-order valence-electron chi connectivity index (χ3n) is 5.63. The minimum absolute atomic E-state index is 0.0488. The lowest BCUT2D eigenvalue weighted by Crippen LogP contribution is -2.30. The Balaban J connectivity index is 1.48. The van der Waals surface area contributed by atoms with Crippen molar-refractivity contribution >= 4 is 81.3 Å². The number of nitrogens with zero attached hydrogens (tertiary/aromatic N) is 2. The third-order valence-corrected chi connectivity index (χ3v) is 8.70. The fraction of sp³-hybridized carbons (Fsp3) is 0.167. The standard InChI is InChI=1S/C30H28ClN5O3S3/c1-3-25(28(39)34-29-35-30(36-42-29)40-4-2)41-23-15-9-14-22(18-23)32-27(38)24(17-19-10-8-13-21(31)16-19)33-26(37)20-11-6-5-7-12-20/h5-18,25H,3-4H2,1-2H3,(H,32,38)(H,33,37)(H,34,35,36,39)/b24-17-. The van der Waals surface area contributed by atoms with Crippen molar-refractivity contribution in [3.63, 3.8) is 0 Å². The van der Waals surface area contributed by atoms with E-state index in [0.717, 1.165) is 22.2 Å². The van der Waals surface area contributed by atoms with E-state index in [1.807, 2.05) is 26.0 Å². The van der Waals surface area contributed by atoms with Crippen molar-refractivity contribution in [3.8, 4) is 0 Å². The topological polar surface area (TPSA) is 113 Å². The second-order valence-corrected chi connectivity index (χ2v) is 12.4. The molecular formula is C30H28ClN5O3S3. The number of aromatic nitrogens is 2. The molecule has 8 nitrogen and oxygen atoms in total. The van der Waals surface area contributed by atoms with Gasteiger partial charge in [0.1, 0.15) is 5.70 Å². The molecule has 0 spiro atoms. The molecule has 3 aromatic carbocycles. The number of benzene rings is 3. The molecular weight excluding hydrogens is 610 g/mol. The molecule has 0 saturated carbocycles. The average Bonchev–Trinajstić information content (AvgIpc) is 3.43. The quantitative estimate of drug-likeness (QED) is 0.111. The summed E-state index contributed by atoms with van der Waals surface area (Å²) in [4.78, 5) is 44.4. The van der Waals surface area contributed by atoms with E-state index in [1.54, 1.807) is 72.8 Å². The highest BCUT2D eigenvalue weighted by atomic mass is 35.5. The molecule has 0 radical (unpaired) electrons. The number of carbonyl (C=O) groups is 3. The van der Waals surface area contributed by atoms with Gasteiger partial charge in [0.2, 0.25) is 16.2 Å². The van der Waals surface area contributed by atoms with Gasteiger partial charge in [0.05, 0.1) is 5.25 Å². The minimum Gasteiger partial charge on any atom is -0.321 e. The third kappa shape index (κ3) is 9.18. The van der Waals surface area contributed by atoms with Gasteiger partial charge in [-0.15, -0.1) is 11.8 Å². The van der Waals surface area contributed by atoms with Gasteiger partial charge in [-0.1, -0.05) is 73.6 Å². The Morgan fingerprint density at radius 2 is 1.76 bits per heavy atom. The van der Waals surface area contributed by atoms with Crippen LogP contribution in [0.1, 0.15) is 36.2 Å². The lowest BCUT2D eigenvalue weighted by molar-refractivity contribution is -0.116. The fourth-order valence-corrected chi connectivity index (χ4v) is 6.16. The Hall–Kier alpha value is -3.64. The zero-order chi connectivity index (χ0) is 29.9. The maximum absolute atomic E-state index is 13.4. The molecule has 1 unspecified atom stereocenters. The molecule has 0 aliphatic carbocycles. The van der Waals surface area contributed by atoms with E-state index in [9.17, 15) is 14.4 Å². The maximum atomic E-state index is 13.4. The zero-order valence-electron chi connectivity index (χ0n) is 22.8. The van der Waals surface area contributed by atoms with Crippen LogP contribution < -0.4 is 16.0 Å². The van der Waals surface area contributed by atoms with Gasteiger partial charge in [-0.05, 0) is 66.3 Å². The van der Waals surface area contributed by atoms with Crippen LogP contribution in [0.15, 0.2) is 94.6 Å². The molecule has 4 aromatic rings. The molecule has 42 heavy (non-hydrogen) atoms. The summed E-state index contributed by atoms with van der Waals surface area (Å²) >= 11 is 10.2. The van der Waals surface area contributed by atoms with Crippen molar-refractivity contribution in [2.75, 3.05) is 16.4 Å². The van der Waals surface area contributed by atoms with Crippen LogP contribution in [0.4, 0.5) is 10.8 Å². The number of halogens is 1. The predicted molar refractivity (Wildman–Crippen MR) is 173 cm³/mol. The lowest BCUT2D eigenvalue weighted by Gasteiger charge is -2.15. The van der Waals surface area contributed by atoms with Crippen LogP contribution in [0.2, 0.25) is 5.02 Å². The summed E-state index contributed by atoms with van der Waals surface area (Å²) in [5.41, 5.74) is 1.63. The van der Waals surface area contributed by atoms with Crippen molar-refractivity contribution in [1.29, 1.82) is 0 Å². The molecule has 3 amide bonds. The van der Waals surface area contributed by atoms with Crippen LogP contribution in [0, 0.1) is 0 Å². The van der Waals surface area contributed by atoms with Gasteiger partial charge in [0.25, 0.3) is 11.8 Å². The second kappa shape index (κ2) is 15.5. The van der Waals surface area contributed by atoms with Gasteiger partial charge in [0.15, 0.2) is 0 Å². The Morgan fingerprint density at radius 3 is 2.50 bits per heavy atom. The van der Waals surface area contributed by atoms with E-state index in [-0.39, 0.29) is 16.9 Å². The van der Waals surface area contributed by atoms with Gasteiger partial charge >= 0.3 is 0 Å². The summed E-state index contributed by atoms with van der Waals surface area (Å²) in [7, 11) is 0. The molecule has 0 fully saturated rings. The molecule has 0 aliphatic heterocycles. The predicted octanol–water partition coefficient (Wildman–Crippen LogP) is 7.22. The van der Waals surface area contributed by atoms with Gasteiger partial charge in [-0.25, -0.2) is 0 Å². The molecule has 3 N–H and O–H groups in total. The highest BCUT2D eigenvalue weighted by Gasteiger charge is 2.21. The normalized spacial score (nSPS) is 11.9. The van der Waals surface area contributed by atoms with Gasteiger partial charge in [0, 0.05) is 32.7 Å². The number of carbonyl (C=O) groups excluding carboxylic acids is 3. The number of hydrogen-bond donors (Lipinski definition) is 3. The molecule has 1 aromatic heterocycles. The van der Waals surface area contributed by atoms with Crippen molar-refractivity contribution in [3.05, 3.63) is 101 Å². The summed E-state index contributed by atoms with van der Waals surface area (Å²) in [5.74, 6) is -0.252. The Bertz CT molecular complexity index is 1580. The van der Waals surface area contributed by atoms with E-state index in [2.05, 4.69) is 25.3 Å². The number of hydrogen-bond acceptors (Lipinski definition) is 8. The zero-order valence-corrected chi connectivity index (χ0v) is 26.0. The first-order chi connectivity index (χ1) is 20.3. The van der Waals surface area contributed by atoms with Crippen LogP contribution in [0.5, 0.6) is 0 Å². The van der Waals surface area contributed by atoms with Gasteiger partial charge < -0.3 is 10.6 Å². The molecule has 0 aliphatic rings. The van der Waals surface area contributed by atoms with Crippen molar-refractivity contribution < 1.29 is 14.4 Å². The van der Waals surface area contributed by atoms with Gasteiger partial charge in [-0.3, -0.25) is 19.7 Å². The molecule has 0 saturated heterocycles. The SMILES string of the molecule is CCSc1nsc(NC(=O)C(CC)Sc2cccc(NC(=O)/C(=C/c3cccc(Cl)c3)NC(=O)c3ccccc3)c2)n1. The smallest absolute Gasteiger partial charge is 0.272 e. The second-order valence-electron chi connectivity index (χ2n) is 8.73. The summed E-state index contributed by atoms with van der Waals surface area (Å²) in [6.07, 6.45) is 2.15. The highest BCUT2D eigenvalue weighted by molar-refractivity contribution is 8.00. The van der Waals surface area contributed by atoms with Crippen LogP contribution in [-0.4, -0.2) is 38.1 Å². The highest BCUT2D eigenvalue weighted by Crippen LogP contribution is 2.29. The first kappa shape index (κ1) is 31.3. The van der Waals surface area contributed by atoms with Crippen LogP contribution in [0.25, 0.3) is 6.08 Å². The maximum Gasteiger partial charge on any atom is 0.272 e. The first-order valence-electron chi connectivity index (χ1n) is 13.0. The Labute approximate surface area is 261 Å². The molecule has 12 heteroatoms. The van der Waals surface area contributed by atoms with Crippen molar-refractivity contribution in [2.45, 2.75) is 35.6 Å². The fourth-order valence-electron chi connectivity index (χ4n) is 3.67. The van der Waals surface area contributed by atoms with Crippen molar-refractivity contribution in [1.82, 2.24) is 14.7 Å². The number of nitrogens with one attached hydrogen (secondary N) is 3. The average molecular weight is 638 g/mol. The Morgan fingerprint density at radius 1 is 0.976 bits per heavy atom. The van der Waals surface area contributed by atoms with Crippen LogP contribution in [0.3, 0.4) is 0 Å². The van der Waals surface area contributed by atoms with Crippen LogP contribution >= 0.6 is 46.7 Å². The Kier molecular flexibility index (Phi) is 11.6. The summed E-state index contributed by atoms with van der Waals surface area (Å²) in [5, 5.41) is 9.67. The first-order valence-corrected chi connectivity index (χ1v) is 16.1. The number of rotatable bonds is 12. The van der Waals surface area contributed by atoms with E-state index in [1.165, 1.54) is 23.5 Å². The number of amides is 3. The molecule has 216 valence electrons. The van der Waals surface area contributed by atoms with Crippen LogP contribution in [-0.2, 0) is 9.59 Å². The summed E-state index contributed by atoms with van der Waals surface area (Å²) in [6, 6.07) is 22.8. The summed E-state index contributed by atoms with van der Waals surface area (Å²) < 4.78 is 4.24. The molecule has 4 rings (SSSR count). The summed E-state index contributed by atoms with van der Waals surface area (Å²) in [6.45, 7) is 3.95. The van der Waals surface area contributed by atoms with E-state index in [4.69, 9.17) is 11.6 Å².